The van der Waals surface area contributed by atoms with Crippen molar-refractivity contribution in [1.29, 1.82) is 0 Å². The molecule has 5 rings (SSSR count). The van der Waals surface area contributed by atoms with Gasteiger partial charge in [-0.1, -0.05) is 23.7 Å². The predicted octanol–water partition coefficient (Wildman–Crippen LogP) is 4.59. The number of carbonyl (C=O) groups excluding carboxylic acids is 1. The molecular formula is C23H18ClN5O3S. The van der Waals surface area contributed by atoms with Crippen molar-refractivity contribution in [2.75, 3.05) is 11.9 Å². The Balaban J connectivity index is 1.54. The minimum Gasteiger partial charge on any atom is -0.441 e. The first-order chi connectivity index (χ1) is 15.8. The largest absolute Gasteiger partial charge is 0.441 e. The van der Waals surface area contributed by atoms with Gasteiger partial charge in [-0.25, -0.2) is 14.6 Å². The van der Waals surface area contributed by atoms with Crippen LogP contribution in [0.15, 0.2) is 51.7 Å². The summed E-state index contributed by atoms with van der Waals surface area (Å²) in [6, 6.07) is 12.5. The van der Waals surface area contributed by atoms with Gasteiger partial charge in [0.25, 0.3) is 5.56 Å². The highest BCUT2D eigenvalue weighted by Crippen LogP contribution is 2.30. The Labute approximate surface area is 197 Å². The van der Waals surface area contributed by atoms with Crippen LogP contribution in [0.25, 0.3) is 32.6 Å². The number of nitrogens with zero attached hydrogens (tertiary/aromatic N) is 5. The molecular weight excluding hydrogens is 462 g/mol. The van der Waals surface area contributed by atoms with E-state index in [0.717, 1.165) is 15.3 Å². The molecule has 0 aliphatic rings. The van der Waals surface area contributed by atoms with Crippen molar-refractivity contribution in [2.45, 2.75) is 20.4 Å². The number of amides is 1. The summed E-state index contributed by atoms with van der Waals surface area (Å²) in [5, 5.41) is 5.83. The molecule has 0 aliphatic carbocycles. The first-order valence-corrected chi connectivity index (χ1v) is 11.3. The summed E-state index contributed by atoms with van der Waals surface area (Å²) in [7, 11) is 1.64. The molecule has 0 fully saturated rings. The van der Waals surface area contributed by atoms with Gasteiger partial charge in [-0.3, -0.25) is 9.59 Å². The van der Waals surface area contributed by atoms with Crippen LogP contribution in [0.4, 0.5) is 5.69 Å². The Morgan fingerprint density at radius 2 is 2.00 bits per heavy atom. The van der Waals surface area contributed by atoms with Gasteiger partial charge in [-0.05, 0) is 31.2 Å². The number of fused-ring (bicyclic) bond motifs is 2. The quantitative estimate of drug-likeness (QED) is 0.374. The van der Waals surface area contributed by atoms with Crippen molar-refractivity contribution < 1.29 is 9.21 Å². The van der Waals surface area contributed by atoms with Gasteiger partial charge in [0.1, 0.15) is 17.8 Å². The number of hydrogen-bond donors (Lipinski definition) is 0. The van der Waals surface area contributed by atoms with Crippen LogP contribution in [-0.2, 0) is 11.3 Å². The summed E-state index contributed by atoms with van der Waals surface area (Å²) < 4.78 is 7.40. The van der Waals surface area contributed by atoms with Gasteiger partial charge in [0, 0.05) is 36.3 Å². The predicted molar refractivity (Wildman–Crippen MR) is 129 cm³/mol. The van der Waals surface area contributed by atoms with E-state index in [4.69, 9.17) is 16.0 Å². The fraction of sp³-hybridized carbons (Fsp3) is 0.174. The van der Waals surface area contributed by atoms with Crippen LogP contribution in [0.5, 0.6) is 0 Å². The third kappa shape index (κ3) is 3.90. The highest BCUT2D eigenvalue weighted by molar-refractivity contribution is 7.19. The summed E-state index contributed by atoms with van der Waals surface area (Å²) in [5.74, 6) is 0.232. The average molecular weight is 480 g/mol. The number of hydrogen-bond acceptors (Lipinski definition) is 7. The van der Waals surface area contributed by atoms with Crippen molar-refractivity contribution in [2.24, 2.45) is 0 Å². The molecule has 8 nitrogen and oxygen atoms in total. The monoisotopic (exact) mass is 479 g/mol. The van der Waals surface area contributed by atoms with E-state index in [-0.39, 0.29) is 18.0 Å². The number of anilines is 1. The highest BCUT2D eigenvalue weighted by Gasteiger charge is 2.20. The lowest BCUT2D eigenvalue weighted by Crippen LogP contribution is -2.35. The number of benzene rings is 2. The third-order valence-corrected chi connectivity index (χ3v) is 6.44. The van der Waals surface area contributed by atoms with Gasteiger partial charge in [-0.15, -0.1) is 11.3 Å². The number of aromatic nitrogens is 4. The van der Waals surface area contributed by atoms with Crippen molar-refractivity contribution in [3.05, 3.63) is 68.7 Å². The van der Waals surface area contributed by atoms with Crippen LogP contribution >= 0.6 is 22.9 Å². The van der Waals surface area contributed by atoms with E-state index in [1.807, 2.05) is 19.1 Å². The standard InChI is InChI=1S/C23H18ClN5O3S/c1-12-25-17-8-7-16(10-18(17)32-12)28(3)19(30)11-29-23(31)21-22(33-13(2)26-21)20(27-29)14-5-4-6-15(24)9-14/h4-10H,11H2,1-3H3. The summed E-state index contributed by atoms with van der Waals surface area (Å²) in [5.41, 5.74) is 3.11. The Hall–Kier alpha value is -3.56. The summed E-state index contributed by atoms with van der Waals surface area (Å²) in [6.45, 7) is 3.35. The van der Waals surface area contributed by atoms with Gasteiger partial charge in [0.2, 0.25) is 5.91 Å². The first-order valence-electron chi connectivity index (χ1n) is 10.1. The molecule has 0 N–H and O–H groups in total. The maximum atomic E-state index is 13.1. The number of halogens is 1. The van der Waals surface area contributed by atoms with E-state index in [0.29, 0.717) is 38.1 Å². The zero-order chi connectivity index (χ0) is 23.3. The molecule has 1 amide bonds. The molecule has 0 unspecified atom stereocenters. The zero-order valence-corrected chi connectivity index (χ0v) is 19.6. The normalized spacial score (nSPS) is 11.4. The molecule has 2 aromatic carbocycles. The first kappa shape index (κ1) is 21.3. The molecule has 0 bridgehead atoms. The number of carbonyl (C=O) groups is 1. The van der Waals surface area contributed by atoms with Crippen LogP contribution in [0, 0.1) is 13.8 Å². The molecule has 166 valence electrons. The van der Waals surface area contributed by atoms with E-state index in [1.54, 1.807) is 44.3 Å². The van der Waals surface area contributed by atoms with E-state index < -0.39 is 5.56 Å². The third-order valence-electron chi connectivity index (χ3n) is 5.23. The van der Waals surface area contributed by atoms with E-state index in [9.17, 15) is 9.59 Å². The minimum atomic E-state index is -0.414. The van der Waals surface area contributed by atoms with Crippen molar-refractivity contribution in [3.63, 3.8) is 0 Å². The van der Waals surface area contributed by atoms with E-state index >= 15 is 0 Å². The number of oxazole rings is 1. The lowest BCUT2D eigenvalue weighted by atomic mass is 10.1. The maximum Gasteiger partial charge on any atom is 0.294 e. The lowest BCUT2D eigenvalue weighted by Gasteiger charge is -2.18. The second kappa shape index (κ2) is 8.09. The molecule has 0 saturated carbocycles. The number of thiazole rings is 1. The van der Waals surface area contributed by atoms with Crippen LogP contribution in [0.3, 0.4) is 0 Å². The number of rotatable bonds is 4. The molecule has 0 saturated heterocycles. The topological polar surface area (TPSA) is 94.1 Å². The molecule has 0 atom stereocenters. The Kier molecular flexibility index (Phi) is 5.22. The van der Waals surface area contributed by atoms with Gasteiger partial charge in [0.15, 0.2) is 17.0 Å². The molecule has 3 heterocycles. The molecule has 3 aromatic heterocycles. The second-order valence-electron chi connectivity index (χ2n) is 7.57. The van der Waals surface area contributed by atoms with E-state index in [1.165, 1.54) is 16.2 Å². The second-order valence-corrected chi connectivity index (χ2v) is 9.21. The van der Waals surface area contributed by atoms with Gasteiger partial charge in [-0.2, -0.15) is 5.10 Å². The van der Waals surface area contributed by atoms with Crippen LogP contribution < -0.4 is 10.5 Å². The fourth-order valence-corrected chi connectivity index (χ4v) is 4.72. The van der Waals surface area contributed by atoms with Gasteiger partial charge < -0.3 is 9.32 Å². The van der Waals surface area contributed by atoms with Crippen LogP contribution in [-0.4, -0.2) is 32.7 Å². The van der Waals surface area contributed by atoms with Crippen LogP contribution in [0.1, 0.15) is 10.9 Å². The van der Waals surface area contributed by atoms with Crippen LogP contribution in [0.2, 0.25) is 5.02 Å². The fourth-order valence-electron chi connectivity index (χ4n) is 3.61. The molecule has 0 spiro atoms. The molecule has 0 radical (unpaired) electrons. The number of likely N-dealkylation sites (N-methyl/N-ethyl adjacent to an activating group) is 1. The Morgan fingerprint density at radius 3 is 2.79 bits per heavy atom. The van der Waals surface area contributed by atoms with Crippen molar-refractivity contribution in [1.82, 2.24) is 19.7 Å². The Bertz CT molecular complexity index is 1600. The summed E-state index contributed by atoms with van der Waals surface area (Å²) >= 11 is 7.56. The van der Waals surface area contributed by atoms with Gasteiger partial charge >= 0.3 is 0 Å². The zero-order valence-electron chi connectivity index (χ0n) is 18.0. The van der Waals surface area contributed by atoms with Gasteiger partial charge in [0.05, 0.1) is 9.71 Å². The SMILES string of the molecule is Cc1nc2ccc(N(C)C(=O)Cn3nc(-c4cccc(Cl)c4)c4sc(C)nc4c3=O)cc2o1. The number of aryl methyl sites for hydroxylation is 2. The summed E-state index contributed by atoms with van der Waals surface area (Å²) in [6.07, 6.45) is 0. The minimum absolute atomic E-state index is 0.247. The highest BCUT2D eigenvalue weighted by atomic mass is 35.5. The molecule has 33 heavy (non-hydrogen) atoms. The summed E-state index contributed by atoms with van der Waals surface area (Å²) in [4.78, 5) is 36.3. The molecule has 5 aromatic rings. The average Bonchev–Trinajstić information content (AvgIpc) is 3.36. The maximum absolute atomic E-state index is 13.1. The lowest BCUT2D eigenvalue weighted by molar-refractivity contribution is -0.119. The van der Waals surface area contributed by atoms with Crippen molar-refractivity contribution >= 4 is 55.8 Å². The van der Waals surface area contributed by atoms with Crippen molar-refractivity contribution in [3.8, 4) is 11.3 Å². The smallest absolute Gasteiger partial charge is 0.294 e. The molecule has 0 aliphatic heterocycles. The molecule has 10 heteroatoms. The Morgan fingerprint density at radius 1 is 1.18 bits per heavy atom. The van der Waals surface area contributed by atoms with E-state index in [2.05, 4.69) is 15.1 Å².